The SMILES string of the molecule is CCC(NC(=O)O[C@@]1(c2cccnc2)CCNC1)c1ccc(C(=O)Nc2ccccc2N)cc1. The van der Waals surface area contributed by atoms with E-state index in [1.165, 1.54) is 0 Å². The normalized spacial score (nSPS) is 18.1. The van der Waals surface area contributed by atoms with E-state index in [4.69, 9.17) is 10.5 Å². The Bertz CT molecular complexity index is 1130. The molecule has 0 radical (unpaired) electrons. The Hall–Kier alpha value is -3.91. The Labute approximate surface area is 198 Å². The molecule has 0 bridgehead atoms. The fourth-order valence-electron chi connectivity index (χ4n) is 4.14. The molecule has 2 atom stereocenters. The van der Waals surface area contributed by atoms with Crippen molar-refractivity contribution in [3.05, 3.63) is 89.7 Å². The van der Waals surface area contributed by atoms with Crippen LogP contribution in [0, 0.1) is 0 Å². The van der Waals surface area contributed by atoms with E-state index < -0.39 is 11.7 Å². The average Bonchev–Trinajstić information content (AvgIpc) is 3.34. The first-order valence-corrected chi connectivity index (χ1v) is 11.4. The van der Waals surface area contributed by atoms with Crippen LogP contribution in [0.3, 0.4) is 0 Å². The van der Waals surface area contributed by atoms with E-state index in [-0.39, 0.29) is 11.9 Å². The molecule has 0 saturated carbocycles. The van der Waals surface area contributed by atoms with Crippen LogP contribution >= 0.6 is 0 Å². The molecule has 0 aliphatic carbocycles. The second-order valence-corrected chi connectivity index (χ2v) is 8.32. The first kappa shape index (κ1) is 23.3. The summed E-state index contributed by atoms with van der Waals surface area (Å²) in [5.74, 6) is -0.253. The summed E-state index contributed by atoms with van der Waals surface area (Å²) in [5.41, 5.74) is 8.49. The summed E-state index contributed by atoms with van der Waals surface area (Å²) in [6.45, 7) is 3.29. The number of alkyl carbamates (subject to hydrolysis) is 1. The van der Waals surface area contributed by atoms with Gasteiger partial charge in [0.15, 0.2) is 5.60 Å². The van der Waals surface area contributed by atoms with E-state index in [9.17, 15) is 9.59 Å². The molecule has 1 aromatic heterocycles. The highest BCUT2D eigenvalue weighted by Crippen LogP contribution is 2.32. The van der Waals surface area contributed by atoms with Crippen molar-refractivity contribution in [2.45, 2.75) is 31.4 Å². The van der Waals surface area contributed by atoms with Gasteiger partial charge in [0.25, 0.3) is 5.91 Å². The van der Waals surface area contributed by atoms with E-state index in [1.54, 1.807) is 36.7 Å². The molecule has 8 nitrogen and oxygen atoms in total. The largest absolute Gasteiger partial charge is 0.437 e. The van der Waals surface area contributed by atoms with Gasteiger partial charge in [-0.15, -0.1) is 0 Å². The van der Waals surface area contributed by atoms with Gasteiger partial charge in [-0.2, -0.15) is 0 Å². The number of nitrogens with two attached hydrogens (primary N) is 1. The maximum Gasteiger partial charge on any atom is 0.408 e. The lowest BCUT2D eigenvalue weighted by molar-refractivity contribution is 0.0205. The fourth-order valence-corrected chi connectivity index (χ4v) is 4.14. The van der Waals surface area contributed by atoms with Gasteiger partial charge in [0, 0.05) is 36.5 Å². The second kappa shape index (κ2) is 10.4. The zero-order valence-electron chi connectivity index (χ0n) is 19.1. The Morgan fingerprint density at radius 1 is 1.15 bits per heavy atom. The smallest absolute Gasteiger partial charge is 0.408 e. The summed E-state index contributed by atoms with van der Waals surface area (Å²) in [4.78, 5) is 29.6. The number of ether oxygens (including phenoxy) is 1. The van der Waals surface area contributed by atoms with Crippen LogP contribution in [0.1, 0.15) is 47.3 Å². The molecule has 0 spiro atoms. The van der Waals surface area contributed by atoms with Crippen molar-refractivity contribution in [1.82, 2.24) is 15.6 Å². The number of pyridine rings is 1. The highest BCUT2D eigenvalue weighted by Gasteiger charge is 2.40. The second-order valence-electron chi connectivity index (χ2n) is 8.32. The minimum Gasteiger partial charge on any atom is -0.437 e. The number of amides is 2. The molecule has 1 aliphatic rings. The minimum atomic E-state index is -0.738. The molecular weight excluding hydrogens is 430 g/mol. The lowest BCUT2D eigenvalue weighted by atomic mass is 9.94. The summed E-state index contributed by atoms with van der Waals surface area (Å²) in [7, 11) is 0. The number of rotatable bonds is 7. The molecule has 1 saturated heterocycles. The van der Waals surface area contributed by atoms with Crippen LogP contribution in [0.15, 0.2) is 73.1 Å². The number of hydrogen-bond donors (Lipinski definition) is 4. The molecular formula is C26H29N5O3. The monoisotopic (exact) mass is 459 g/mol. The molecule has 4 rings (SSSR count). The van der Waals surface area contributed by atoms with Crippen LogP contribution in [0.4, 0.5) is 16.2 Å². The van der Waals surface area contributed by atoms with Gasteiger partial charge in [0.05, 0.1) is 17.4 Å². The molecule has 2 aromatic carbocycles. The van der Waals surface area contributed by atoms with E-state index in [2.05, 4.69) is 20.9 Å². The van der Waals surface area contributed by atoms with E-state index in [0.717, 1.165) is 17.7 Å². The van der Waals surface area contributed by atoms with Crippen molar-refractivity contribution in [3.63, 3.8) is 0 Å². The topological polar surface area (TPSA) is 118 Å². The summed E-state index contributed by atoms with van der Waals surface area (Å²) in [6, 6.07) is 17.8. The Morgan fingerprint density at radius 2 is 1.94 bits per heavy atom. The number of para-hydroxylation sites is 2. The Balaban J connectivity index is 1.41. The quantitative estimate of drug-likeness (QED) is 0.397. The van der Waals surface area contributed by atoms with Crippen LogP contribution in [0.5, 0.6) is 0 Å². The molecule has 1 unspecified atom stereocenters. The van der Waals surface area contributed by atoms with Crippen molar-refractivity contribution in [2.24, 2.45) is 0 Å². The van der Waals surface area contributed by atoms with Gasteiger partial charge in [-0.1, -0.05) is 37.3 Å². The van der Waals surface area contributed by atoms with E-state index >= 15 is 0 Å². The molecule has 8 heteroatoms. The fraction of sp³-hybridized carbons (Fsp3) is 0.269. The number of hydrogen-bond acceptors (Lipinski definition) is 6. The lowest BCUT2D eigenvalue weighted by Gasteiger charge is -2.29. The van der Waals surface area contributed by atoms with Gasteiger partial charge in [-0.05, 0) is 48.9 Å². The van der Waals surface area contributed by atoms with Gasteiger partial charge in [-0.3, -0.25) is 9.78 Å². The summed E-state index contributed by atoms with van der Waals surface area (Å²) in [6.07, 6.45) is 4.30. The maximum atomic E-state index is 12.9. The number of carbonyl (C=O) groups excluding carboxylic acids is 2. The first-order chi connectivity index (χ1) is 16.5. The third-order valence-corrected chi connectivity index (χ3v) is 6.08. The van der Waals surface area contributed by atoms with Crippen LogP contribution in [-0.4, -0.2) is 30.1 Å². The van der Waals surface area contributed by atoms with Crippen LogP contribution in [-0.2, 0) is 10.3 Å². The first-order valence-electron chi connectivity index (χ1n) is 11.4. The molecule has 34 heavy (non-hydrogen) atoms. The number of benzene rings is 2. The summed E-state index contributed by atoms with van der Waals surface area (Å²) >= 11 is 0. The van der Waals surface area contributed by atoms with Crippen LogP contribution in [0.25, 0.3) is 0 Å². The van der Waals surface area contributed by atoms with E-state index in [1.807, 2.05) is 43.3 Å². The summed E-state index contributed by atoms with van der Waals surface area (Å²) < 4.78 is 5.95. The predicted molar refractivity (Wildman–Crippen MR) is 131 cm³/mol. The number of carbonyl (C=O) groups is 2. The average molecular weight is 460 g/mol. The van der Waals surface area contributed by atoms with Crippen molar-refractivity contribution >= 4 is 23.4 Å². The van der Waals surface area contributed by atoms with Crippen molar-refractivity contribution in [1.29, 1.82) is 0 Å². The van der Waals surface area contributed by atoms with E-state index in [0.29, 0.717) is 36.3 Å². The molecule has 1 aliphatic heterocycles. The molecule has 5 N–H and O–H groups in total. The maximum absolute atomic E-state index is 12.9. The van der Waals surface area contributed by atoms with Gasteiger partial charge in [-0.25, -0.2) is 4.79 Å². The number of anilines is 2. The Kier molecular flexibility index (Phi) is 7.08. The zero-order valence-corrected chi connectivity index (χ0v) is 19.1. The third kappa shape index (κ3) is 5.18. The molecule has 3 aromatic rings. The number of nitrogens with one attached hydrogen (secondary N) is 3. The standard InChI is InChI=1S/C26H29N5O3/c1-2-22(31-25(33)34-26(13-15-29-17-26)20-6-5-14-28-16-20)18-9-11-19(12-10-18)24(32)30-23-8-4-3-7-21(23)27/h3-12,14,16,22,29H,2,13,15,17,27H2,1H3,(H,30,32)(H,31,33)/t22?,26-/m0/s1. The van der Waals surface area contributed by atoms with Crippen LogP contribution in [0.2, 0.25) is 0 Å². The third-order valence-electron chi connectivity index (χ3n) is 6.08. The van der Waals surface area contributed by atoms with Gasteiger partial charge in [0.1, 0.15) is 0 Å². The van der Waals surface area contributed by atoms with Crippen molar-refractivity contribution < 1.29 is 14.3 Å². The number of nitrogens with zero attached hydrogens (tertiary/aromatic N) is 1. The highest BCUT2D eigenvalue weighted by molar-refractivity contribution is 6.05. The minimum absolute atomic E-state index is 0.253. The summed E-state index contributed by atoms with van der Waals surface area (Å²) in [5, 5.41) is 9.07. The van der Waals surface area contributed by atoms with Gasteiger partial charge in [0.2, 0.25) is 0 Å². The van der Waals surface area contributed by atoms with Gasteiger partial charge < -0.3 is 26.4 Å². The zero-order chi connectivity index (χ0) is 24.0. The lowest BCUT2D eigenvalue weighted by Crippen LogP contribution is -2.40. The number of nitrogen functional groups attached to an aromatic ring is 1. The number of aromatic nitrogens is 1. The van der Waals surface area contributed by atoms with Crippen LogP contribution < -0.4 is 21.7 Å². The molecule has 176 valence electrons. The van der Waals surface area contributed by atoms with Crippen molar-refractivity contribution in [3.8, 4) is 0 Å². The molecule has 2 heterocycles. The van der Waals surface area contributed by atoms with Crippen molar-refractivity contribution in [2.75, 3.05) is 24.1 Å². The molecule has 1 fully saturated rings. The van der Waals surface area contributed by atoms with Gasteiger partial charge >= 0.3 is 6.09 Å². The Morgan fingerprint density at radius 3 is 2.59 bits per heavy atom. The molecule has 2 amide bonds. The predicted octanol–water partition coefficient (Wildman–Crippen LogP) is 3.98. The highest BCUT2D eigenvalue weighted by atomic mass is 16.6.